The fourth-order valence-electron chi connectivity index (χ4n) is 4.08. The Balaban J connectivity index is 1.60. The Hall–Kier alpha value is -1.88. The predicted octanol–water partition coefficient (Wildman–Crippen LogP) is 2.07. The van der Waals surface area contributed by atoms with Gasteiger partial charge in [-0.15, -0.1) is 0 Å². The second kappa shape index (κ2) is 5.09. The number of hydrogen-bond acceptors (Lipinski definition) is 4. The highest BCUT2D eigenvalue weighted by Crippen LogP contribution is 2.35. The molecular weight excluding hydrogens is 278 g/mol. The van der Waals surface area contributed by atoms with Crippen LogP contribution in [-0.4, -0.2) is 27.7 Å². The zero-order valence-electron chi connectivity index (χ0n) is 13.1. The Morgan fingerprint density at radius 1 is 1.27 bits per heavy atom. The highest BCUT2D eigenvalue weighted by Gasteiger charge is 2.34. The van der Waals surface area contributed by atoms with Crippen LogP contribution in [-0.2, 0) is 13.1 Å². The summed E-state index contributed by atoms with van der Waals surface area (Å²) in [5.74, 6) is 1.94. The molecule has 2 aliphatic heterocycles. The van der Waals surface area contributed by atoms with Crippen LogP contribution in [0.1, 0.15) is 35.1 Å². The summed E-state index contributed by atoms with van der Waals surface area (Å²) in [6.07, 6.45) is 1.20. The zero-order valence-corrected chi connectivity index (χ0v) is 13.1. The summed E-state index contributed by atoms with van der Waals surface area (Å²) in [6, 6.07) is 5.68. The molecule has 0 aliphatic carbocycles. The minimum Gasteiger partial charge on any atom is -0.361 e. The monoisotopic (exact) mass is 299 g/mol. The predicted molar refractivity (Wildman–Crippen MR) is 82.8 cm³/mol. The van der Waals surface area contributed by atoms with E-state index in [-0.39, 0.29) is 5.56 Å². The van der Waals surface area contributed by atoms with Crippen molar-refractivity contribution < 1.29 is 4.52 Å². The van der Waals surface area contributed by atoms with E-state index < -0.39 is 0 Å². The van der Waals surface area contributed by atoms with Gasteiger partial charge >= 0.3 is 0 Å². The zero-order chi connectivity index (χ0) is 15.3. The Labute approximate surface area is 129 Å². The van der Waals surface area contributed by atoms with Crippen molar-refractivity contribution in [2.45, 2.75) is 39.3 Å². The summed E-state index contributed by atoms with van der Waals surface area (Å²) >= 11 is 0. The van der Waals surface area contributed by atoms with Crippen LogP contribution in [0.4, 0.5) is 0 Å². The number of aryl methyl sites for hydroxylation is 2. The summed E-state index contributed by atoms with van der Waals surface area (Å²) < 4.78 is 7.26. The number of hydrogen-bond donors (Lipinski definition) is 0. The molecule has 0 amide bonds. The summed E-state index contributed by atoms with van der Waals surface area (Å²) in [7, 11) is 0. The third-order valence-electron chi connectivity index (χ3n) is 5.12. The lowest BCUT2D eigenvalue weighted by Crippen LogP contribution is -2.46. The molecule has 0 radical (unpaired) electrons. The van der Waals surface area contributed by atoms with Crippen molar-refractivity contribution in [3.05, 3.63) is 51.3 Å². The van der Waals surface area contributed by atoms with E-state index in [4.69, 9.17) is 4.52 Å². The Morgan fingerprint density at radius 3 is 2.91 bits per heavy atom. The van der Waals surface area contributed by atoms with E-state index in [0.29, 0.717) is 11.8 Å². The van der Waals surface area contributed by atoms with Gasteiger partial charge in [0.2, 0.25) is 0 Å². The average molecular weight is 299 g/mol. The Bertz CT molecular complexity index is 742. The SMILES string of the molecule is Cc1noc(C)c1CN1CC2CC(C1)c1cccc(=O)n1C2. The van der Waals surface area contributed by atoms with Crippen molar-refractivity contribution in [3.8, 4) is 0 Å². The van der Waals surface area contributed by atoms with Crippen LogP contribution < -0.4 is 5.56 Å². The number of rotatable bonds is 2. The molecule has 116 valence electrons. The maximum absolute atomic E-state index is 12.1. The molecule has 0 N–H and O–H groups in total. The summed E-state index contributed by atoms with van der Waals surface area (Å²) in [4.78, 5) is 14.5. The lowest BCUT2D eigenvalue weighted by atomic mass is 9.83. The van der Waals surface area contributed by atoms with Crippen molar-refractivity contribution in [3.63, 3.8) is 0 Å². The van der Waals surface area contributed by atoms with E-state index in [1.165, 1.54) is 17.7 Å². The molecule has 4 heterocycles. The van der Waals surface area contributed by atoms with E-state index in [1.54, 1.807) is 6.07 Å². The fourth-order valence-corrected chi connectivity index (χ4v) is 4.08. The first-order chi connectivity index (χ1) is 10.6. The molecule has 1 fully saturated rings. The van der Waals surface area contributed by atoms with Crippen molar-refractivity contribution >= 4 is 0 Å². The molecule has 1 saturated heterocycles. The molecule has 22 heavy (non-hydrogen) atoms. The molecular formula is C17H21N3O2. The van der Waals surface area contributed by atoms with Crippen LogP contribution in [0.3, 0.4) is 0 Å². The number of pyridine rings is 1. The van der Waals surface area contributed by atoms with Crippen molar-refractivity contribution in [2.75, 3.05) is 13.1 Å². The molecule has 0 saturated carbocycles. The van der Waals surface area contributed by atoms with Gasteiger partial charge in [-0.3, -0.25) is 9.69 Å². The standard InChI is InChI=1S/C17H21N3O2/c1-11-15(12(2)22-18-11)10-19-7-13-6-14(9-19)16-4-3-5-17(21)20(16)8-13/h3-5,13-14H,6-10H2,1-2H3. The summed E-state index contributed by atoms with van der Waals surface area (Å²) in [5, 5.41) is 4.05. The van der Waals surface area contributed by atoms with Gasteiger partial charge in [-0.25, -0.2) is 0 Å². The molecule has 2 aromatic heterocycles. The van der Waals surface area contributed by atoms with Gasteiger partial charge < -0.3 is 9.09 Å². The second-order valence-electron chi connectivity index (χ2n) is 6.69. The molecule has 4 rings (SSSR count). The maximum atomic E-state index is 12.1. The fraction of sp³-hybridized carbons (Fsp3) is 0.529. The first-order valence-electron chi connectivity index (χ1n) is 7.95. The van der Waals surface area contributed by atoms with Crippen molar-refractivity contribution in [1.29, 1.82) is 0 Å². The van der Waals surface area contributed by atoms with E-state index >= 15 is 0 Å². The first kappa shape index (κ1) is 13.8. The topological polar surface area (TPSA) is 51.3 Å². The van der Waals surface area contributed by atoms with Crippen LogP contribution in [0, 0.1) is 19.8 Å². The maximum Gasteiger partial charge on any atom is 0.250 e. The van der Waals surface area contributed by atoms with Crippen LogP contribution in [0.5, 0.6) is 0 Å². The van der Waals surface area contributed by atoms with Crippen LogP contribution in [0.25, 0.3) is 0 Å². The molecule has 2 bridgehead atoms. The van der Waals surface area contributed by atoms with E-state index in [1.807, 2.05) is 24.5 Å². The number of likely N-dealkylation sites (tertiary alicyclic amines) is 1. The van der Waals surface area contributed by atoms with Gasteiger partial charge in [0.1, 0.15) is 5.76 Å². The molecule has 0 aromatic carbocycles. The minimum absolute atomic E-state index is 0.145. The van der Waals surface area contributed by atoms with E-state index in [0.717, 1.165) is 37.6 Å². The normalized spacial score (nSPS) is 24.3. The smallest absolute Gasteiger partial charge is 0.250 e. The Kier molecular flexibility index (Phi) is 3.18. The summed E-state index contributed by atoms with van der Waals surface area (Å²) in [5.41, 5.74) is 3.55. The van der Waals surface area contributed by atoms with Crippen molar-refractivity contribution in [1.82, 2.24) is 14.6 Å². The van der Waals surface area contributed by atoms with Gasteiger partial charge in [-0.1, -0.05) is 11.2 Å². The van der Waals surface area contributed by atoms with Gasteiger partial charge in [0.15, 0.2) is 0 Å². The number of aromatic nitrogens is 2. The van der Waals surface area contributed by atoms with Gasteiger partial charge in [0, 0.05) is 49.4 Å². The highest BCUT2D eigenvalue weighted by molar-refractivity contribution is 5.22. The molecule has 2 aromatic rings. The number of piperidine rings is 1. The molecule has 2 atom stereocenters. The highest BCUT2D eigenvalue weighted by atomic mass is 16.5. The van der Waals surface area contributed by atoms with E-state index in [2.05, 4.69) is 16.1 Å². The lowest BCUT2D eigenvalue weighted by molar-refractivity contribution is 0.114. The second-order valence-corrected chi connectivity index (χ2v) is 6.69. The lowest BCUT2D eigenvalue weighted by Gasteiger charge is -2.42. The average Bonchev–Trinajstić information content (AvgIpc) is 2.80. The third-order valence-corrected chi connectivity index (χ3v) is 5.12. The first-order valence-corrected chi connectivity index (χ1v) is 7.95. The van der Waals surface area contributed by atoms with Crippen LogP contribution >= 0.6 is 0 Å². The largest absolute Gasteiger partial charge is 0.361 e. The molecule has 0 spiro atoms. The minimum atomic E-state index is 0.145. The molecule has 2 aliphatic rings. The van der Waals surface area contributed by atoms with Crippen LogP contribution in [0.15, 0.2) is 27.5 Å². The van der Waals surface area contributed by atoms with Gasteiger partial charge in [0.25, 0.3) is 5.56 Å². The quantitative estimate of drug-likeness (QED) is 0.852. The third kappa shape index (κ3) is 2.20. The number of nitrogens with zero attached hydrogens (tertiary/aromatic N) is 3. The van der Waals surface area contributed by atoms with Gasteiger partial charge in [-0.05, 0) is 32.3 Å². The van der Waals surface area contributed by atoms with Gasteiger partial charge in [-0.2, -0.15) is 0 Å². The Morgan fingerprint density at radius 2 is 2.14 bits per heavy atom. The van der Waals surface area contributed by atoms with Crippen molar-refractivity contribution in [2.24, 2.45) is 5.92 Å². The van der Waals surface area contributed by atoms with Gasteiger partial charge in [0.05, 0.1) is 5.69 Å². The molecule has 5 heteroatoms. The van der Waals surface area contributed by atoms with Crippen LogP contribution in [0.2, 0.25) is 0 Å². The number of fused-ring (bicyclic) bond motifs is 4. The molecule has 5 nitrogen and oxygen atoms in total. The molecule has 2 unspecified atom stereocenters. The van der Waals surface area contributed by atoms with E-state index in [9.17, 15) is 4.79 Å². The summed E-state index contributed by atoms with van der Waals surface area (Å²) in [6.45, 7) is 7.78.